The van der Waals surface area contributed by atoms with E-state index in [2.05, 4.69) is 10.4 Å². The third-order valence-electron chi connectivity index (χ3n) is 8.15. The van der Waals surface area contributed by atoms with Crippen LogP contribution in [0.1, 0.15) is 52.0 Å². The Morgan fingerprint density at radius 2 is 1.73 bits per heavy atom. The second kappa shape index (κ2) is 13.7. The molecule has 3 aromatic carbocycles. The van der Waals surface area contributed by atoms with Crippen LogP contribution >= 0.6 is 0 Å². The van der Waals surface area contributed by atoms with Crippen LogP contribution in [0.3, 0.4) is 0 Å². The summed E-state index contributed by atoms with van der Waals surface area (Å²) in [5, 5.41) is 7.07. The molecule has 3 aliphatic rings. The van der Waals surface area contributed by atoms with Crippen LogP contribution in [-0.4, -0.2) is 76.7 Å². The Morgan fingerprint density at radius 1 is 0.911 bits per heavy atom. The first kappa shape index (κ1) is 29.9. The third kappa shape index (κ3) is 7.17. The van der Waals surface area contributed by atoms with Crippen molar-refractivity contribution in [2.24, 2.45) is 0 Å². The first-order valence-electron chi connectivity index (χ1n) is 15.3. The molecule has 7 rings (SSSR count). The number of benzene rings is 3. The zero-order valence-corrected chi connectivity index (χ0v) is 25.4. The molecule has 1 unspecified atom stereocenters. The largest absolute Gasteiger partial charge is 0.494 e. The maximum Gasteiger partial charge on any atom is 0.257 e. The average Bonchev–Trinajstić information content (AvgIpc) is 3.52. The van der Waals surface area contributed by atoms with E-state index in [4.69, 9.17) is 9.47 Å². The van der Waals surface area contributed by atoms with Gasteiger partial charge in [0.05, 0.1) is 44.0 Å². The van der Waals surface area contributed by atoms with E-state index in [0.29, 0.717) is 63.5 Å². The molecule has 0 radical (unpaired) electrons. The summed E-state index contributed by atoms with van der Waals surface area (Å²) in [5.41, 5.74) is 4.68. The molecular formula is C35H37N5O5. The van der Waals surface area contributed by atoms with Gasteiger partial charge in [0.1, 0.15) is 18.1 Å². The first-order valence-corrected chi connectivity index (χ1v) is 15.3. The summed E-state index contributed by atoms with van der Waals surface area (Å²) in [4.78, 5) is 42.0. The predicted octanol–water partition coefficient (Wildman–Crippen LogP) is 3.85. The van der Waals surface area contributed by atoms with Gasteiger partial charge in [0.2, 0.25) is 11.8 Å². The van der Waals surface area contributed by atoms with Crippen LogP contribution < -0.4 is 14.8 Å². The molecule has 10 heteroatoms. The van der Waals surface area contributed by atoms with Crippen molar-refractivity contribution >= 4 is 17.7 Å². The second-order valence-corrected chi connectivity index (χ2v) is 11.3. The molecular weight excluding hydrogens is 570 g/mol. The number of aromatic nitrogens is 2. The molecule has 3 amide bonds. The van der Waals surface area contributed by atoms with E-state index < -0.39 is 0 Å². The molecule has 1 aromatic heterocycles. The van der Waals surface area contributed by atoms with Crippen LogP contribution in [0.4, 0.5) is 0 Å². The molecule has 232 valence electrons. The lowest BCUT2D eigenvalue weighted by Crippen LogP contribution is -2.45. The number of nitrogens with zero attached hydrogens (tertiary/aromatic N) is 4. The lowest BCUT2D eigenvalue weighted by Gasteiger charge is -2.38. The molecule has 0 fully saturated rings. The Kier molecular flexibility index (Phi) is 9.09. The van der Waals surface area contributed by atoms with E-state index in [0.717, 1.165) is 28.0 Å². The predicted molar refractivity (Wildman–Crippen MR) is 168 cm³/mol. The van der Waals surface area contributed by atoms with Crippen molar-refractivity contribution in [1.29, 1.82) is 0 Å². The number of rotatable bonds is 5. The molecule has 1 atom stereocenters. The number of carbonyl (C=O) groups is 3. The van der Waals surface area contributed by atoms with Crippen LogP contribution in [0, 0.1) is 0 Å². The summed E-state index contributed by atoms with van der Waals surface area (Å²) < 4.78 is 14.1. The fraction of sp³-hybridized carbons (Fsp3) is 0.314. The van der Waals surface area contributed by atoms with Crippen molar-refractivity contribution in [2.75, 3.05) is 39.4 Å². The minimum Gasteiger partial charge on any atom is -0.494 e. The Morgan fingerprint density at radius 3 is 2.58 bits per heavy atom. The zero-order chi connectivity index (χ0) is 31.2. The summed E-state index contributed by atoms with van der Waals surface area (Å²) in [6, 6.07) is 23.5. The molecule has 0 spiro atoms. The number of hydrogen-bond donors (Lipinski definition) is 1. The van der Waals surface area contributed by atoms with Gasteiger partial charge in [0, 0.05) is 26.2 Å². The van der Waals surface area contributed by atoms with Crippen molar-refractivity contribution in [3.8, 4) is 11.5 Å². The molecule has 0 saturated carbocycles. The van der Waals surface area contributed by atoms with E-state index in [1.165, 1.54) is 6.92 Å². The van der Waals surface area contributed by atoms with E-state index >= 15 is 0 Å². The summed E-state index contributed by atoms with van der Waals surface area (Å²) in [5.74, 6) is 0.934. The topological polar surface area (TPSA) is 106 Å². The SMILES string of the molecule is CC(=O)NCC(=O)N1CCc2cc3ccc2C1c1cccc(c1)OCCCN(C(=O)c1cnn(Cc2ccccc2)c1)CCO3. The number of nitrogens with one attached hydrogen (secondary N) is 1. The Balaban J connectivity index is 1.22. The lowest BCUT2D eigenvalue weighted by molar-refractivity contribution is -0.134. The molecule has 3 aliphatic heterocycles. The van der Waals surface area contributed by atoms with Crippen LogP contribution in [0.25, 0.3) is 0 Å². The number of ether oxygens (including phenoxy) is 2. The molecule has 0 aliphatic carbocycles. The van der Waals surface area contributed by atoms with E-state index in [9.17, 15) is 14.4 Å². The number of fused-ring (bicyclic) bond motifs is 8. The number of carbonyl (C=O) groups excluding carboxylic acids is 3. The van der Waals surface area contributed by atoms with Crippen molar-refractivity contribution < 1.29 is 23.9 Å². The maximum atomic E-state index is 13.6. The summed E-state index contributed by atoms with van der Waals surface area (Å²) in [7, 11) is 0. The van der Waals surface area contributed by atoms with Crippen LogP contribution in [0.2, 0.25) is 0 Å². The van der Waals surface area contributed by atoms with Gasteiger partial charge in [-0.25, -0.2) is 0 Å². The third-order valence-corrected chi connectivity index (χ3v) is 8.15. The Hall–Kier alpha value is -5.12. The van der Waals surface area contributed by atoms with Gasteiger partial charge in [-0.15, -0.1) is 0 Å². The molecule has 4 aromatic rings. The molecule has 0 saturated heterocycles. The van der Waals surface area contributed by atoms with Gasteiger partial charge in [-0.05, 0) is 59.4 Å². The van der Waals surface area contributed by atoms with Crippen LogP contribution in [0.15, 0.2) is 85.2 Å². The van der Waals surface area contributed by atoms with Gasteiger partial charge in [-0.2, -0.15) is 5.10 Å². The Labute approximate surface area is 262 Å². The number of amides is 3. The van der Waals surface area contributed by atoms with Gasteiger partial charge in [0.25, 0.3) is 5.91 Å². The molecule has 6 bridgehead atoms. The summed E-state index contributed by atoms with van der Waals surface area (Å²) in [6.45, 7) is 4.08. The van der Waals surface area contributed by atoms with Gasteiger partial charge < -0.3 is 24.6 Å². The maximum absolute atomic E-state index is 13.6. The molecule has 10 nitrogen and oxygen atoms in total. The van der Waals surface area contributed by atoms with Gasteiger partial charge in [-0.1, -0.05) is 48.5 Å². The van der Waals surface area contributed by atoms with Gasteiger partial charge in [0.15, 0.2) is 0 Å². The molecule has 1 N–H and O–H groups in total. The van der Waals surface area contributed by atoms with Crippen molar-refractivity contribution in [3.63, 3.8) is 0 Å². The van der Waals surface area contributed by atoms with E-state index in [1.807, 2.05) is 77.7 Å². The van der Waals surface area contributed by atoms with Crippen molar-refractivity contribution in [3.05, 3.63) is 113 Å². The summed E-state index contributed by atoms with van der Waals surface area (Å²) in [6.07, 6.45) is 4.69. The summed E-state index contributed by atoms with van der Waals surface area (Å²) >= 11 is 0. The minimum atomic E-state index is -0.323. The minimum absolute atomic E-state index is 0.0540. The zero-order valence-electron chi connectivity index (χ0n) is 25.4. The van der Waals surface area contributed by atoms with Gasteiger partial charge in [-0.3, -0.25) is 19.1 Å². The quantitative estimate of drug-likeness (QED) is 0.370. The average molecular weight is 608 g/mol. The Bertz CT molecular complexity index is 1670. The van der Waals surface area contributed by atoms with Crippen LogP contribution in [-0.2, 0) is 22.6 Å². The van der Waals surface area contributed by atoms with Crippen molar-refractivity contribution in [2.45, 2.75) is 32.4 Å². The highest BCUT2D eigenvalue weighted by atomic mass is 16.5. The highest BCUT2D eigenvalue weighted by molar-refractivity contribution is 5.93. The lowest BCUT2D eigenvalue weighted by atomic mass is 9.87. The normalized spacial score (nSPS) is 16.4. The molecule has 4 heterocycles. The fourth-order valence-electron chi connectivity index (χ4n) is 5.94. The smallest absolute Gasteiger partial charge is 0.257 e. The van der Waals surface area contributed by atoms with E-state index in [1.54, 1.807) is 22.0 Å². The molecule has 45 heavy (non-hydrogen) atoms. The van der Waals surface area contributed by atoms with Crippen LogP contribution in [0.5, 0.6) is 11.5 Å². The highest BCUT2D eigenvalue weighted by Crippen LogP contribution is 2.38. The van der Waals surface area contributed by atoms with Gasteiger partial charge >= 0.3 is 0 Å². The number of hydrogen-bond acceptors (Lipinski definition) is 6. The monoisotopic (exact) mass is 607 g/mol. The van der Waals surface area contributed by atoms with E-state index in [-0.39, 0.29) is 30.3 Å². The van der Waals surface area contributed by atoms with Crippen molar-refractivity contribution in [1.82, 2.24) is 24.9 Å². The highest BCUT2D eigenvalue weighted by Gasteiger charge is 2.32. The second-order valence-electron chi connectivity index (χ2n) is 11.3. The first-order chi connectivity index (χ1) is 21.9. The fourth-order valence-corrected chi connectivity index (χ4v) is 5.94. The standard InChI is InChI=1S/C35H37N5O5/c1-25(41)36-22-33(42)40-15-13-27-19-31-11-12-32(27)34(40)28-9-5-10-30(20-28)44-17-6-14-38(16-18-45-31)35(43)29-21-37-39(24-29)23-26-7-3-2-4-8-26/h2-5,7-12,19-21,24,34H,6,13-18,22-23H2,1H3,(H,36,41).